The molecule has 104 valence electrons. The van der Waals surface area contributed by atoms with Gasteiger partial charge in [-0.2, -0.15) is 0 Å². The number of fused-ring (bicyclic) bond motifs is 3. The van der Waals surface area contributed by atoms with Crippen molar-refractivity contribution in [3.63, 3.8) is 0 Å². The highest BCUT2D eigenvalue weighted by atomic mass is 16.3. The van der Waals surface area contributed by atoms with Gasteiger partial charge in [0.2, 0.25) is 0 Å². The number of nitrogens with one attached hydrogen (secondary N) is 1. The van der Waals surface area contributed by atoms with Crippen LogP contribution in [0.15, 0.2) is 30.3 Å². The molecule has 0 radical (unpaired) electrons. The Bertz CT molecular complexity index is 387. The Balaban J connectivity index is 1.58. The maximum absolute atomic E-state index is 9.61. The van der Waals surface area contributed by atoms with Gasteiger partial charge >= 0.3 is 0 Å². The summed E-state index contributed by atoms with van der Waals surface area (Å²) in [5, 5.41) is 13.3. The molecule has 2 bridgehead atoms. The van der Waals surface area contributed by atoms with Gasteiger partial charge < -0.3 is 15.3 Å². The van der Waals surface area contributed by atoms with Crippen molar-refractivity contribution in [1.29, 1.82) is 0 Å². The monoisotopic (exact) mass is 260 g/mol. The summed E-state index contributed by atoms with van der Waals surface area (Å²) < 4.78 is 0. The van der Waals surface area contributed by atoms with Crippen LogP contribution in [0.2, 0.25) is 0 Å². The minimum Gasteiger partial charge on any atom is -0.395 e. The molecule has 3 nitrogen and oxygen atoms in total. The summed E-state index contributed by atoms with van der Waals surface area (Å²) in [4.78, 5) is 2.55. The summed E-state index contributed by atoms with van der Waals surface area (Å²) in [7, 11) is 0. The molecule has 0 spiro atoms. The third-order valence-corrected chi connectivity index (χ3v) is 4.65. The van der Waals surface area contributed by atoms with Gasteiger partial charge in [-0.1, -0.05) is 30.3 Å². The molecule has 1 aromatic rings. The zero-order valence-corrected chi connectivity index (χ0v) is 11.5. The fourth-order valence-electron chi connectivity index (χ4n) is 3.53. The Morgan fingerprint density at radius 3 is 2.53 bits per heavy atom. The number of aliphatic hydroxyl groups excluding tert-OH is 1. The number of nitrogens with zero attached hydrogens (tertiary/aromatic N) is 1. The van der Waals surface area contributed by atoms with Gasteiger partial charge in [0.25, 0.3) is 0 Å². The van der Waals surface area contributed by atoms with Crippen LogP contribution >= 0.6 is 0 Å². The summed E-state index contributed by atoms with van der Waals surface area (Å²) in [5.41, 5.74) is 1.30. The maximum Gasteiger partial charge on any atom is 0.0587 e. The number of aliphatic hydroxyl groups is 1. The number of rotatable bonds is 5. The molecule has 2 unspecified atom stereocenters. The predicted octanol–water partition coefficient (Wildman–Crippen LogP) is 1.27. The van der Waals surface area contributed by atoms with E-state index in [-0.39, 0.29) is 12.6 Å². The van der Waals surface area contributed by atoms with Crippen molar-refractivity contribution in [2.75, 3.05) is 26.2 Å². The molecule has 0 aliphatic carbocycles. The molecule has 3 aliphatic heterocycles. The first-order valence-corrected chi connectivity index (χ1v) is 7.48. The van der Waals surface area contributed by atoms with Crippen molar-refractivity contribution in [2.24, 2.45) is 5.92 Å². The van der Waals surface area contributed by atoms with Gasteiger partial charge in [0.15, 0.2) is 0 Å². The third kappa shape index (κ3) is 3.16. The van der Waals surface area contributed by atoms with Gasteiger partial charge in [-0.3, -0.25) is 0 Å². The van der Waals surface area contributed by atoms with Gasteiger partial charge in [0, 0.05) is 18.6 Å². The zero-order chi connectivity index (χ0) is 13.1. The predicted molar refractivity (Wildman–Crippen MR) is 77.1 cm³/mol. The maximum atomic E-state index is 9.61. The lowest BCUT2D eigenvalue weighted by Crippen LogP contribution is -2.58. The van der Waals surface area contributed by atoms with Crippen LogP contribution in [0.3, 0.4) is 0 Å². The van der Waals surface area contributed by atoms with E-state index in [1.807, 2.05) is 6.07 Å². The smallest absolute Gasteiger partial charge is 0.0587 e. The molecule has 4 rings (SSSR count). The largest absolute Gasteiger partial charge is 0.395 e. The van der Waals surface area contributed by atoms with Crippen LogP contribution in [-0.2, 0) is 6.42 Å². The molecule has 3 heteroatoms. The Kier molecular flexibility index (Phi) is 4.16. The van der Waals surface area contributed by atoms with E-state index in [2.05, 4.69) is 34.5 Å². The minimum atomic E-state index is 0.188. The van der Waals surface area contributed by atoms with Crippen molar-refractivity contribution in [2.45, 2.75) is 31.3 Å². The average molecular weight is 260 g/mol. The highest BCUT2D eigenvalue weighted by Crippen LogP contribution is 2.27. The molecule has 1 aromatic carbocycles. The summed E-state index contributed by atoms with van der Waals surface area (Å²) in [5.74, 6) is 0.815. The molecule has 3 heterocycles. The fraction of sp³-hybridized carbons (Fsp3) is 0.625. The Morgan fingerprint density at radius 2 is 1.95 bits per heavy atom. The number of hydrogen-bond donors (Lipinski definition) is 2. The van der Waals surface area contributed by atoms with E-state index < -0.39 is 0 Å². The van der Waals surface area contributed by atoms with E-state index in [4.69, 9.17) is 0 Å². The van der Waals surface area contributed by atoms with E-state index in [1.165, 1.54) is 31.5 Å². The molecular weight excluding hydrogens is 236 g/mol. The van der Waals surface area contributed by atoms with Gasteiger partial charge in [-0.15, -0.1) is 0 Å². The van der Waals surface area contributed by atoms with Crippen LogP contribution in [0.5, 0.6) is 0 Å². The molecular formula is C16H24N2O. The molecule has 2 N–H and O–H groups in total. The van der Waals surface area contributed by atoms with E-state index in [0.717, 1.165) is 18.9 Å². The van der Waals surface area contributed by atoms with Crippen LogP contribution in [-0.4, -0.2) is 48.3 Å². The normalized spacial score (nSPS) is 31.3. The van der Waals surface area contributed by atoms with Crippen molar-refractivity contribution in [3.05, 3.63) is 35.9 Å². The van der Waals surface area contributed by atoms with Crippen LogP contribution < -0.4 is 5.32 Å². The molecule has 0 amide bonds. The minimum absolute atomic E-state index is 0.188. The van der Waals surface area contributed by atoms with Crippen LogP contribution in [0.25, 0.3) is 0 Å². The van der Waals surface area contributed by atoms with Gasteiger partial charge in [-0.25, -0.2) is 0 Å². The quantitative estimate of drug-likeness (QED) is 0.837. The number of benzene rings is 1. The van der Waals surface area contributed by atoms with Crippen LogP contribution in [0.1, 0.15) is 18.4 Å². The van der Waals surface area contributed by atoms with Crippen molar-refractivity contribution in [3.8, 4) is 0 Å². The molecule has 0 saturated carbocycles. The average Bonchev–Trinajstić information content (AvgIpc) is 2.49. The molecule has 3 aliphatic rings. The van der Waals surface area contributed by atoms with Crippen LogP contribution in [0, 0.1) is 5.92 Å². The van der Waals surface area contributed by atoms with E-state index in [9.17, 15) is 5.11 Å². The van der Waals surface area contributed by atoms with Gasteiger partial charge in [-0.05, 0) is 43.8 Å². The molecule has 2 atom stereocenters. The Morgan fingerprint density at radius 1 is 1.21 bits per heavy atom. The topological polar surface area (TPSA) is 35.5 Å². The summed E-state index contributed by atoms with van der Waals surface area (Å²) in [6.07, 6.45) is 3.56. The number of piperidine rings is 3. The van der Waals surface area contributed by atoms with Crippen molar-refractivity contribution in [1.82, 2.24) is 10.2 Å². The highest BCUT2D eigenvalue weighted by molar-refractivity contribution is 5.16. The third-order valence-electron chi connectivity index (χ3n) is 4.65. The van der Waals surface area contributed by atoms with Gasteiger partial charge in [0.05, 0.1) is 6.61 Å². The lowest BCUT2D eigenvalue weighted by Gasteiger charge is -2.46. The van der Waals surface area contributed by atoms with E-state index >= 15 is 0 Å². The standard InChI is InChI=1S/C16H24N2O/c19-12-15(10-13-4-2-1-3-5-13)17-16-11-18-8-6-14(16)7-9-18/h1-5,14-17,19H,6-12H2. The molecule has 3 saturated heterocycles. The Hall–Kier alpha value is -0.900. The lowest BCUT2D eigenvalue weighted by molar-refractivity contribution is 0.0616. The second-order valence-corrected chi connectivity index (χ2v) is 5.98. The number of hydrogen-bond acceptors (Lipinski definition) is 3. The fourth-order valence-corrected chi connectivity index (χ4v) is 3.53. The molecule has 3 fully saturated rings. The first kappa shape index (κ1) is 13.1. The zero-order valence-electron chi connectivity index (χ0n) is 11.5. The summed E-state index contributed by atoms with van der Waals surface area (Å²) in [6.45, 7) is 3.92. The van der Waals surface area contributed by atoms with Crippen molar-refractivity contribution >= 4 is 0 Å². The Labute approximate surface area is 115 Å². The van der Waals surface area contributed by atoms with Gasteiger partial charge in [0.1, 0.15) is 0 Å². The van der Waals surface area contributed by atoms with Crippen LogP contribution in [0.4, 0.5) is 0 Å². The first-order chi connectivity index (χ1) is 9.35. The molecule has 19 heavy (non-hydrogen) atoms. The highest BCUT2D eigenvalue weighted by Gasteiger charge is 2.34. The second kappa shape index (κ2) is 6.04. The second-order valence-electron chi connectivity index (χ2n) is 5.98. The van der Waals surface area contributed by atoms with E-state index in [1.54, 1.807) is 0 Å². The molecule has 0 aromatic heterocycles. The summed E-state index contributed by atoms with van der Waals surface area (Å²) >= 11 is 0. The first-order valence-electron chi connectivity index (χ1n) is 7.48. The SMILES string of the molecule is OCC(Cc1ccccc1)NC1CN2CCC1CC2. The lowest BCUT2D eigenvalue weighted by atomic mass is 9.83. The van der Waals surface area contributed by atoms with Crippen molar-refractivity contribution < 1.29 is 5.11 Å². The van der Waals surface area contributed by atoms with E-state index in [0.29, 0.717) is 6.04 Å². The summed E-state index contributed by atoms with van der Waals surface area (Å²) in [6, 6.07) is 11.2.